The molecular weight excluding hydrogens is 640 g/mol. The zero-order chi connectivity index (χ0) is 28.3. The van der Waals surface area contributed by atoms with E-state index in [4.69, 9.17) is 4.74 Å². The second-order valence-electron chi connectivity index (χ2n) is 8.25. The van der Waals surface area contributed by atoms with Crippen molar-refractivity contribution in [3.8, 4) is 5.75 Å². The summed E-state index contributed by atoms with van der Waals surface area (Å²) in [5, 5.41) is 15.9. The van der Waals surface area contributed by atoms with Crippen LogP contribution in [0.15, 0.2) is 75.2 Å². The van der Waals surface area contributed by atoms with E-state index >= 15 is 0 Å². The Morgan fingerprint density at radius 1 is 1.08 bits per heavy atom. The summed E-state index contributed by atoms with van der Waals surface area (Å²) < 4.78 is 6.49. The van der Waals surface area contributed by atoms with Crippen LogP contribution in [-0.4, -0.2) is 35.3 Å². The lowest BCUT2D eigenvalue weighted by Gasteiger charge is -2.26. The number of carbonyl (C=O) groups excluding carboxylic acids is 4. The minimum Gasteiger partial charge on any atom is -0.481 e. The second-order valence-corrected chi connectivity index (χ2v) is 9.96. The number of amides is 5. The van der Waals surface area contributed by atoms with Crippen molar-refractivity contribution < 1.29 is 28.8 Å². The van der Waals surface area contributed by atoms with Crippen LogP contribution in [0.5, 0.6) is 5.75 Å². The number of halogens is 2. The molecule has 3 aromatic rings. The zero-order valence-electron chi connectivity index (χ0n) is 20.1. The van der Waals surface area contributed by atoms with E-state index in [2.05, 4.69) is 42.5 Å². The maximum Gasteiger partial charge on any atom is 0.335 e. The largest absolute Gasteiger partial charge is 0.481 e. The third kappa shape index (κ3) is 6.38. The standard InChI is InChI=1S/C26H18Br2N4O7/c1-14-5-7-16(8-6-14)29-22(33)13-39-23-20(27)10-15(11-21(23)28)9-19-24(34)30-26(36)31(25(19)35)17-3-2-4-18(12-17)32(37)38/h2-12H,13H2,1H3,(H,29,33)(H,30,34,36)/b19-9+. The highest BCUT2D eigenvalue weighted by Gasteiger charge is 2.37. The number of urea groups is 1. The number of aryl methyl sites for hydroxylation is 1. The van der Waals surface area contributed by atoms with Gasteiger partial charge in [0.2, 0.25) is 0 Å². The summed E-state index contributed by atoms with van der Waals surface area (Å²) in [6.45, 7) is 1.65. The quantitative estimate of drug-likeness (QED) is 0.155. The molecule has 13 heteroatoms. The molecular formula is C26H18Br2N4O7. The fourth-order valence-electron chi connectivity index (χ4n) is 3.58. The number of carbonyl (C=O) groups is 4. The van der Waals surface area contributed by atoms with Gasteiger partial charge >= 0.3 is 6.03 Å². The molecule has 0 radical (unpaired) electrons. The van der Waals surface area contributed by atoms with E-state index in [1.165, 1.54) is 24.3 Å². The molecule has 0 spiro atoms. The number of hydrogen-bond acceptors (Lipinski definition) is 7. The molecule has 0 bridgehead atoms. The molecule has 3 aromatic carbocycles. The number of benzene rings is 3. The van der Waals surface area contributed by atoms with Crippen LogP contribution in [-0.2, 0) is 14.4 Å². The first kappa shape index (κ1) is 27.7. The van der Waals surface area contributed by atoms with E-state index in [9.17, 15) is 29.3 Å². The Morgan fingerprint density at radius 2 is 1.74 bits per heavy atom. The number of barbiturate groups is 1. The molecule has 11 nitrogen and oxygen atoms in total. The monoisotopic (exact) mass is 656 g/mol. The first-order valence-electron chi connectivity index (χ1n) is 11.2. The highest BCUT2D eigenvalue weighted by molar-refractivity contribution is 9.11. The highest BCUT2D eigenvalue weighted by Crippen LogP contribution is 2.36. The number of non-ortho nitro benzene ring substituents is 1. The van der Waals surface area contributed by atoms with Gasteiger partial charge in [-0.3, -0.25) is 29.8 Å². The topological polar surface area (TPSA) is 148 Å². The SMILES string of the molecule is Cc1ccc(NC(=O)COc2c(Br)cc(/C=C3\C(=O)NC(=O)N(c4cccc([N+](=O)[O-])c4)C3=O)cc2Br)cc1. The molecule has 1 fully saturated rings. The number of nitro groups is 1. The van der Waals surface area contributed by atoms with Gasteiger partial charge in [-0.05, 0) is 80.8 Å². The van der Waals surface area contributed by atoms with Crippen molar-refractivity contribution in [2.75, 3.05) is 16.8 Å². The smallest absolute Gasteiger partial charge is 0.335 e. The average molecular weight is 658 g/mol. The van der Waals surface area contributed by atoms with Crippen LogP contribution in [0, 0.1) is 17.0 Å². The number of rotatable bonds is 7. The summed E-state index contributed by atoms with van der Waals surface area (Å²) >= 11 is 6.74. The normalized spacial score (nSPS) is 14.3. The average Bonchev–Trinajstić information content (AvgIpc) is 2.87. The Bertz CT molecular complexity index is 1530. The van der Waals surface area contributed by atoms with Crippen LogP contribution in [0.2, 0.25) is 0 Å². The maximum absolute atomic E-state index is 13.1. The van der Waals surface area contributed by atoms with Crippen LogP contribution in [0.3, 0.4) is 0 Å². The minimum absolute atomic E-state index is 0.0693. The van der Waals surface area contributed by atoms with Crippen molar-refractivity contribution in [1.29, 1.82) is 0 Å². The summed E-state index contributed by atoms with van der Waals surface area (Å²) in [5.41, 5.74) is 1.31. The predicted octanol–water partition coefficient (Wildman–Crippen LogP) is 5.11. The van der Waals surface area contributed by atoms with E-state index in [1.54, 1.807) is 24.3 Å². The molecule has 0 unspecified atom stereocenters. The third-order valence-corrected chi connectivity index (χ3v) is 6.59. The van der Waals surface area contributed by atoms with Gasteiger partial charge in [0, 0.05) is 17.8 Å². The number of nitro benzene ring substituents is 1. The highest BCUT2D eigenvalue weighted by atomic mass is 79.9. The van der Waals surface area contributed by atoms with Gasteiger partial charge in [-0.2, -0.15) is 0 Å². The van der Waals surface area contributed by atoms with Gasteiger partial charge in [-0.15, -0.1) is 0 Å². The van der Waals surface area contributed by atoms with Gasteiger partial charge < -0.3 is 10.1 Å². The number of imide groups is 2. The molecule has 4 rings (SSSR count). The number of ether oxygens (including phenoxy) is 1. The molecule has 1 aliphatic heterocycles. The van der Waals surface area contributed by atoms with Crippen molar-refractivity contribution >= 4 is 78.8 Å². The molecule has 0 aromatic heterocycles. The first-order chi connectivity index (χ1) is 18.5. The van der Waals surface area contributed by atoms with Crippen LogP contribution in [0.1, 0.15) is 11.1 Å². The Morgan fingerprint density at radius 3 is 2.38 bits per heavy atom. The van der Waals surface area contributed by atoms with E-state index in [0.717, 1.165) is 11.6 Å². The van der Waals surface area contributed by atoms with Crippen LogP contribution < -0.4 is 20.3 Å². The second kappa shape index (κ2) is 11.6. The molecule has 5 amide bonds. The lowest BCUT2D eigenvalue weighted by molar-refractivity contribution is -0.384. The van der Waals surface area contributed by atoms with Crippen molar-refractivity contribution in [2.24, 2.45) is 0 Å². The fourth-order valence-corrected chi connectivity index (χ4v) is 5.03. The van der Waals surface area contributed by atoms with E-state index in [1.807, 2.05) is 19.1 Å². The van der Waals surface area contributed by atoms with Crippen molar-refractivity contribution in [1.82, 2.24) is 5.32 Å². The van der Waals surface area contributed by atoms with Gasteiger partial charge in [-0.1, -0.05) is 23.8 Å². The lowest BCUT2D eigenvalue weighted by Crippen LogP contribution is -2.54. The van der Waals surface area contributed by atoms with Crippen molar-refractivity contribution in [2.45, 2.75) is 6.92 Å². The summed E-state index contributed by atoms with van der Waals surface area (Å²) in [4.78, 5) is 61.5. The number of nitrogens with zero attached hydrogens (tertiary/aromatic N) is 2. The summed E-state index contributed by atoms with van der Waals surface area (Å²) in [6.07, 6.45) is 1.26. The Kier molecular flexibility index (Phi) is 8.21. The molecule has 2 N–H and O–H groups in total. The van der Waals surface area contributed by atoms with Crippen LogP contribution in [0.4, 0.5) is 21.9 Å². The summed E-state index contributed by atoms with van der Waals surface area (Å²) in [5.74, 6) is -1.94. The molecule has 198 valence electrons. The summed E-state index contributed by atoms with van der Waals surface area (Å²) in [7, 11) is 0. The van der Waals surface area contributed by atoms with Gasteiger partial charge in [0.15, 0.2) is 6.61 Å². The third-order valence-electron chi connectivity index (χ3n) is 5.41. The molecule has 0 aliphatic carbocycles. The Balaban J connectivity index is 1.53. The summed E-state index contributed by atoms with van der Waals surface area (Å²) in [6, 6.07) is 14.3. The Labute approximate surface area is 238 Å². The van der Waals surface area contributed by atoms with Gasteiger partial charge in [-0.25, -0.2) is 9.69 Å². The van der Waals surface area contributed by atoms with Gasteiger partial charge in [0.05, 0.1) is 19.6 Å². The number of hydrogen-bond donors (Lipinski definition) is 2. The predicted molar refractivity (Wildman–Crippen MR) is 149 cm³/mol. The molecule has 0 atom stereocenters. The molecule has 1 saturated heterocycles. The van der Waals surface area contributed by atoms with Gasteiger partial charge in [0.1, 0.15) is 11.3 Å². The van der Waals surface area contributed by atoms with E-state index in [0.29, 0.717) is 30.8 Å². The fraction of sp³-hybridized carbons (Fsp3) is 0.0769. The number of anilines is 2. The van der Waals surface area contributed by atoms with Crippen molar-refractivity contribution in [3.63, 3.8) is 0 Å². The van der Waals surface area contributed by atoms with Crippen molar-refractivity contribution in [3.05, 3.63) is 96.4 Å². The molecule has 1 aliphatic rings. The Hall–Kier alpha value is -4.36. The van der Waals surface area contributed by atoms with E-state index in [-0.39, 0.29) is 29.5 Å². The molecule has 39 heavy (non-hydrogen) atoms. The van der Waals surface area contributed by atoms with Crippen LogP contribution >= 0.6 is 31.9 Å². The maximum atomic E-state index is 13.1. The van der Waals surface area contributed by atoms with Crippen LogP contribution in [0.25, 0.3) is 6.08 Å². The number of nitrogens with one attached hydrogen (secondary N) is 2. The zero-order valence-corrected chi connectivity index (χ0v) is 23.2. The van der Waals surface area contributed by atoms with E-state index < -0.39 is 22.8 Å². The molecule has 0 saturated carbocycles. The molecule has 1 heterocycles. The minimum atomic E-state index is -1.03. The first-order valence-corrected chi connectivity index (χ1v) is 12.8. The van der Waals surface area contributed by atoms with Gasteiger partial charge in [0.25, 0.3) is 23.4 Å². The lowest BCUT2D eigenvalue weighted by atomic mass is 10.1.